The van der Waals surface area contributed by atoms with Crippen molar-refractivity contribution < 1.29 is 49.7 Å². The summed E-state index contributed by atoms with van der Waals surface area (Å²) in [5.74, 6) is -0.0366. The molecule has 0 amide bonds. The number of carboxylic acids is 1. The van der Waals surface area contributed by atoms with E-state index < -0.39 is 42.6 Å². The molecule has 0 aromatic carbocycles. The first-order valence-electron chi connectivity index (χ1n) is 15.3. The van der Waals surface area contributed by atoms with E-state index in [0.717, 1.165) is 51.4 Å². The molecule has 40 heavy (non-hydrogen) atoms. The predicted molar refractivity (Wildman–Crippen MR) is 141 cm³/mol. The van der Waals surface area contributed by atoms with Gasteiger partial charge < -0.3 is 40.1 Å². The molecule has 10 heteroatoms. The molecule has 0 bridgehead atoms. The Bertz CT molecular complexity index is 959. The number of aliphatic carboxylic acids is 1. The SMILES string of the molecule is C[C@H](CCC(=O)O[C@@H]1O[C@H](C(=O)O)[C@@H](O)[C@H](O)[C@H]1O)[C@H]1CC[C@H]2[C@@H]3[C@H](O)C[C@@H]4C[C@H](O)CC[C@]4(C)[C@H]3CC[C@]12C. The number of ether oxygens (including phenoxy) is 2. The van der Waals surface area contributed by atoms with Crippen LogP contribution in [0.5, 0.6) is 0 Å². The lowest BCUT2D eigenvalue weighted by atomic mass is 9.43. The molecular formula is C30H48O10. The Labute approximate surface area is 236 Å². The molecule has 1 aliphatic heterocycles. The number of hydrogen-bond acceptors (Lipinski definition) is 9. The molecule has 0 spiro atoms. The van der Waals surface area contributed by atoms with Crippen LogP contribution in [0.15, 0.2) is 0 Å². The van der Waals surface area contributed by atoms with E-state index in [9.17, 15) is 40.2 Å². The number of fused-ring (bicyclic) bond motifs is 5. The molecule has 0 aromatic heterocycles. The Morgan fingerprint density at radius 2 is 1.57 bits per heavy atom. The van der Waals surface area contributed by atoms with E-state index in [1.165, 1.54) is 0 Å². The van der Waals surface area contributed by atoms with Crippen LogP contribution in [-0.2, 0) is 19.1 Å². The molecule has 5 aliphatic rings. The van der Waals surface area contributed by atoms with Crippen molar-refractivity contribution in [1.82, 2.24) is 0 Å². The highest BCUT2D eigenvalue weighted by Crippen LogP contribution is 2.68. The van der Waals surface area contributed by atoms with Crippen molar-refractivity contribution >= 4 is 11.9 Å². The lowest BCUT2D eigenvalue weighted by molar-refractivity contribution is -0.286. The maximum atomic E-state index is 12.7. The average Bonchev–Trinajstić information content (AvgIpc) is 3.25. The first kappa shape index (κ1) is 30.2. The number of carbonyl (C=O) groups is 2. The van der Waals surface area contributed by atoms with Crippen molar-refractivity contribution in [3.05, 3.63) is 0 Å². The van der Waals surface area contributed by atoms with Gasteiger partial charge in [0.25, 0.3) is 0 Å². The van der Waals surface area contributed by atoms with Crippen LogP contribution in [0.1, 0.15) is 85.0 Å². The van der Waals surface area contributed by atoms with Gasteiger partial charge in [-0.05, 0) is 104 Å². The third kappa shape index (κ3) is 5.00. The molecular weight excluding hydrogens is 520 g/mol. The van der Waals surface area contributed by atoms with E-state index in [1.807, 2.05) is 0 Å². The summed E-state index contributed by atoms with van der Waals surface area (Å²) in [6.45, 7) is 6.93. The highest BCUT2D eigenvalue weighted by molar-refractivity contribution is 5.73. The van der Waals surface area contributed by atoms with Gasteiger partial charge in [-0.2, -0.15) is 0 Å². The molecule has 4 aliphatic carbocycles. The first-order valence-corrected chi connectivity index (χ1v) is 15.3. The number of hydrogen-bond donors (Lipinski definition) is 6. The molecule has 1 saturated heterocycles. The molecule has 6 N–H and O–H groups in total. The zero-order valence-corrected chi connectivity index (χ0v) is 23.9. The molecule has 228 valence electrons. The van der Waals surface area contributed by atoms with Crippen LogP contribution in [0.2, 0.25) is 0 Å². The molecule has 0 aromatic rings. The van der Waals surface area contributed by atoms with Crippen LogP contribution in [0.4, 0.5) is 0 Å². The van der Waals surface area contributed by atoms with E-state index in [1.54, 1.807) is 0 Å². The van der Waals surface area contributed by atoms with Crippen LogP contribution < -0.4 is 0 Å². The summed E-state index contributed by atoms with van der Waals surface area (Å²) in [6.07, 6.45) is -1.15. The highest BCUT2D eigenvalue weighted by atomic mass is 16.7. The normalized spacial score (nSPS) is 51.2. The van der Waals surface area contributed by atoms with Gasteiger partial charge in [0.2, 0.25) is 6.29 Å². The summed E-state index contributed by atoms with van der Waals surface area (Å²) in [7, 11) is 0. The molecule has 0 radical (unpaired) electrons. The average molecular weight is 569 g/mol. The van der Waals surface area contributed by atoms with Gasteiger partial charge in [0.05, 0.1) is 12.2 Å². The maximum Gasteiger partial charge on any atom is 0.335 e. The summed E-state index contributed by atoms with van der Waals surface area (Å²) in [5.41, 5.74) is 0.243. The van der Waals surface area contributed by atoms with Crippen LogP contribution >= 0.6 is 0 Å². The predicted octanol–water partition coefficient (Wildman–Crippen LogP) is 1.83. The van der Waals surface area contributed by atoms with Gasteiger partial charge in [-0.25, -0.2) is 4.79 Å². The third-order valence-corrected chi connectivity index (χ3v) is 12.3. The minimum atomic E-state index is -1.84. The fourth-order valence-corrected chi connectivity index (χ4v) is 10.1. The minimum Gasteiger partial charge on any atom is -0.479 e. The zero-order chi connectivity index (χ0) is 29.1. The third-order valence-electron chi connectivity index (χ3n) is 12.3. The van der Waals surface area contributed by atoms with Crippen molar-refractivity contribution in [2.24, 2.45) is 46.3 Å². The van der Waals surface area contributed by atoms with Crippen LogP contribution in [0.3, 0.4) is 0 Å². The number of aliphatic hydroxyl groups is 5. The number of carboxylic acid groups (broad SMARTS) is 1. The Kier molecular flexibility index (Phi) is 8.36. The maximum absolute atomic E-state index is 12.7. The second kappa shape index (κ2) is 11.1. The second-order valence-electron chi connectivity index (χ2n) is 14.2. The summed E-state index contributed by atoms with van der Waals surface area (Å²) >= 11 is 0. The van der Waals surface area contributed by atoms with Crippen molar-refractivity contribution in [1.29, 1.82) is 0 Å². The molecule has 10 nitrogen and oxygen atoms in total. The highest BCUT2D eigenvalue weighted by Gasteiger charge is 2.63. The van der Waals surface area contributed by atoms with Gasteiger partial charge in [0.1, 0.15) is 18.3 Å². The van der Waals surface area contributed by atoms with E-state index in [2.05, 4.69) is 20.8 Å². The standard InChI is InChI=1S/C30H48O10/c1-14(4-7-21(33)39-28-25(36)23(34)24(35)26(40-28)27(37)38)17-5-6-18-22-19(9-11-30(17,18)3)29(2)10-8-16(31)12-15(29)13-20(22)32/h14-20,22-26,28,31-32,34-36H,4-13H2,1-3H3,(H,37,38)/t14-,15+,16-,17-,18+,19+,20-,22+,23+,24+,25-,26+,28-,29+,30-/m1/s1. The van der Waals surface area contributed by atoms with Crippen molar-refractivity contribution in [3.8, 4) is 0 Å². The number of carbonyl (C=O) groups excluding carboxylic acids is 1. The summed E-state index contributed by atoms with van der Waals surface area (Å²) in [4.78, 5) is 24.0. The van der Waals surface area contributed by atoms with E-state index >= 15 is 0 Å². The van der Waals surface area contributed by atoms with Crippen molar-refractivity contribution in [2.45, 2.75) is 128 Å². The van der Waals surface area contributed by atoms with Gasteiger partial charge in [-0.3, -0.25) is 4.79 Å². The van der Waals surface area contributed by atoms with Crippen molar-refractivity contribution in [2.75, 3.05) is 0 Å². The summed E-state index contributed by atoms with van der Waals surface area (Å²) < 4.78 is 10.3. The number of rotatable bonds is 6. The zero-order valence-electron chi connectivity index (χ0n) is 23.9. The van der Waals surface area contributed by atoms with E-state index in [-0.39, 0.29) is 41.3 Å². The Balaban J connectivity index is 1.20. The molecule has 0 unspecified atom stereocenters. The fraction of sp³-hybridized carbons (Fsp3) is 0.933. The monoisotopic (exact) mass is 568 g/mol. The minimum absolute atomic E-state index is 0.0537. The molecule has 4 saturated carbocycles. The summed E-state index contributed by atoms with van der Waals surface area (Å²) in [6, 6.07) is 0. The first-order chi connectivity index (χ1) is 18.8. The van der Waals surface area contributed by atoms with Crippen LogP contribution in [0.25, 0.3) is 0 Å². The topological polar surface area (TPSA) is 174 Å². The van der Waals surface area contributed by atoms with Crippen LogP contribution in [-0.4, -0.2) is 85.5 Å². The number of aliphatic hydroxyl groups excluding tert-OH is 5. The number of esters is 1. The summed E-state index contributed by atoms with van der Waals surface area (Å²) in [5, 5.41) is 60.9. The Hall–Kier alpha value is -1.30. The van der Waals surface area contributed by atoms with Crippen LogP contribution in [0, 0.1) is 46.3 Å². The Morgan fingerprint density at radius 1 is 0.900 bits per heavy atom. The quantitative estimate of drug-likeness (QED) is 0.259. The molecule has 5 rings (SSSR count). The molecule has 15 atom stereocenters. The second-order valence-corrected chi connectivity index (χ2v) is 14.2. The fourth-order valence-electron chi connectivity index (χ4n) is 10.1. The van der Waals surface area contributed by atoms with Crippen molar-refractivity contribution in [3.63, 3.8) is 0 Å². The lowest BCUT2D eigenvalue weighted by Gasteiger charge is -2.62. The van der Waals surface area contributed by atoms with E-state index in [4.69, 9.17) is 9.47 Å². The molecule has 1 heterocycles. The smallest absolute Gasteiger partial charge is 0.335 e. The van der Waals surface area contributed by atoms with Gasteiger partial charge in [-0.1, -0.05) is 20.8 Å². The molecule has 5 fully saturated rings. The van der Waals surface area contributed by atoms with E-state index in [0.29, 0.717) is 30.1 Å². The Morgan fingerprint density at radius 3 is 2.27 bits per heavy atom. The van der Waals surface area contributed by atoms with Gasteiger partial charge in [-0.15, -0.1) is 0 Å². The van der Waals surface area contributed by atoms with Gasteiger partial charge in [0, 0.05) is 6.42 Å². The lowest BCUT2D eigenvalue weighted by Crippen LogP contribution is -2.60. The van der Waals surface area contributed by atoms with Gasteiger partial charge >= 0.3 is 11.9 Å². The van der Waals surface area contributed by atoms with Gasteiger partial charge in [0.15, 0.2) is 6.10 Å². The largest absolute Gasteiger partial charge is 0.479 e.